The highest BCUT2D eigenvalue weighted by Crippen LogP contribution is 2.41. The van der Waals surface area contributed by atoms with Crippen LogP contribution in [0.15, 0.2) is 33.5 Å². The maximum atomic E-state index is 12.9. The number of carboxylic acids is 1. The summed E-state index contributed by atoms with van der Waals surface area (Å²) in [4.78, 5) is 57.0. The zero-order valence-electron chi connectivity index (χ0n) is 18.7. The second-order valence-corrected chi connectivity index (χ2v) is 10.0. The Labute approximate surface area is 215 Å². The van der Waals surface area contributed by atoms with Gasteiger partial charge < -0.3 is 26.3 Å². The molecule has 2 fully saturated rings. The third-order valence-electron chi connectivity index (χ3n) is 5.86. The number of aromatic amines is 1. The number of tetrazole rings is 1. The SMILES string of the molecule is Nc1nc(/C(=N/O)C(=O)N[C@@H]2C(=O)N3C(C(=O)O)=C(/C=C4\CCN(Cc5nnn[nH]5)C4=O)CS[C@H]23)cs1. The van der Waals surface area contributed by atoms with Gasteiger partial charge in [0.2, 0.25) is 5.91 Å². The van der Waals surface area contributed by atoms with Crippen molar-refractivity contribution < 1.29 is 29.5 Å². The van der Waals surface area contributed by atoms with E-state index in [0.717, 1.165) is 16.2 Å². The quantitative estimate of drug-likeness (QED) is 0.0879. The van der Waals surface area contributed by atoms with E-state index in [1.54, 1.807) is 0 Å². The number of fused-ring (bicyclic) bond motifs is 1. The molecule has 6 N–H and O–H groups in total. The highest BCUT2D eigenvalue weighted by Gasteiger charge is 2.54. The molecular formula is C19H18N10O6S2. The van der Waals surface area contributed by atoms with E-state index < -0.39 is 34.9 Å². The highest BCUT2D eigenvalue weighted by molar-refractivity contribution is 8.00. The largest absolute Gasteiger partial charge is 0.477 e. The number of H-pyrrole nitrogens is 1. The van der Waals surface area contributed by atoms with Crippen molar-refractivity contribution in [3.63, 3.8) is 0 Å². The van der Waals surface area contributed by atoms with E-state index in [4.69, 9.17) is 5.73 Å². The second kappa shape index (κ2) is 9.62. The topological polar surface area (TPSA) is 233 Å². The molecule has 2 atom stereocenters. The van der Waals surface area contributed by atoms with Crippen LogP contribution in [0, 0.1) is 0 Å². The number of rotatable bonds is 7. The molecule has 192 valence electrons. The van der Waals surface area contributed by atoms with Crippen LogP contribution in [0.3, 0.4) is 0 Å². The van der Waals surface area contributed by atoms with Gasteiger partial charge in [0.1, 0.15) is 22.8 Å². The first-order chi connectivity index (χ1) is 17.8. The molecule has 0 aromatic carbocycles. The highest BCUT2D eigenvalue weighted by atomic mass is 32.2. The summed E-state index contributed by atoms with van der Waals surface area (Å²) < 4.78 is 0. The smallest absolute Gasteiger partial charge is 0.352 e. The number of carbonyl (C=O) groups is 4. The molecule has 3 aliphatic heterocycles. The Morgan fingerprint density at radius 3 is 2.84 bits per heavy atom. The number of nitrogens with one attached hydrogen (secondary N) is 2. The molecule has 3 aliphatic rings. The number of aromatic nitrogens is 5. The number of aliphatic carboxylic acids is 1. The van der Waals surface area contributed by atoms with Gasteiger partial charge in [0, 0.05) is 23.3 Å². The van der Waals surface area contributed by atoms with E-state index in [0.29, 0.717) is 29.9 Å². The first kappa shape index (κ1) is 24.4. The van der Waals surface area contributed by atoms with Gasteiger partial charge in [0.25, 0.3) is 11.8 Å². The van der Waals surface area contributed by atoms with Crippen molar-refractivity contribution in [2.24, 2.45) is 5.16 Å². The van der Waals surface area contributed by atoms with Crippen LogP contribution in [0.25, 0.3) is 0 Å². The molecule has 2 saturated heterocycles. The zero-order chi connectivity index (χ0) is 26.3. The number of nitrogens with zero attached hydrogens (tertiary/aromatic N) is 7. The fraction of sp³-hybridized carbons (Fsp3) is 0.316. The maximum Gasteiger partial charge on any atom is 0.352 e. The average Bonchev–Trinajstić information content (AvgIpc) is 3.62. The number of hydrogen-bond donors (Lipinski definition) is 5. The monoisotopic (exact) mass is 546 g/mol. The summed E-state index contributed by atoms with van der Waals surface area (Å²) in [7, 11) is 0. The first-order valence-corrected chi connectivity index (χ1v) is 12.6. The third-order valence-corrected chi connectivity index (χ3v) is 7.83. The summed E-state index contributed by atoms with van der Waals surface area (Å²) >= 11 is 2.28. The molecule has 0 unspecified atom stereocenters. The first-order valence-electron chi connectivity index (χ1n) is 10.7. The predicted molar refractivity (Wildman–Crippen MR) is 127 cm³/mol. The van der Waals surface area contributed by atoms with Crippen molar-refractivity contribution >= 4 is 57.6 Å². The Morgan fingerprint density at radius 1 is 1.38 bits per heavy atom. The number of nitrogen functional groups attached to an aromatic ring is 1. The van der Waals surface area contributed by atoms with Gasteiger partial charge in [-0.1, -0.05) is 5.16 Å². The summed E-state index contributed by atoms with van der Waals surface area (Å²) in [6.45, 7) is 0.594. The number of amides is 3. The van der Waals surface area contributed by atoms with Crippen molar-refractivity contribution in [3.05, 3.63) is 39.8 Å². The number of hydrogen-bond acceptors (Lipinski definition) is 13. The van der Waals surface area contributed by atoms with Crippen molar-refractivity contribution in [2.45, 2.75) is 24.4 Å². The summed E-state index contributed by atoms with van der Waals surface area (Å²) in [5.74, 6) is -2.51. The summed E-state index contributed by atoms with van der Waals surface area (Å²) in [6, 6.07) is -1.05. The summed E-state index contributed by atoms with van der Waals surface area (Å²) in [6.07, 6.45) is 1.90. The van der Waals surface area contributed by atoms with E-state index in [-0.39, 0.29) is 34.7 Å². The number of carboxylic acid groups (broad SMARTS) is 1. The Kier molecular flexibility index (Phi) is 6.34. The number of likely N-dealkylation sites (tertiary alicyclic amines) is 1. The summed E-state index contributed by atoms with van der Waals surface area (Å²) in [5, 5.41) is 38.8. The molecule has 16 nitrogen and oxygen atoms in total. The van der Waals surface area contributed by atoms with Gasteiger partial charge >= 0.3 is 5.97 Å². The van der Waals surface area contributed by atoms with Crippen LogP contribution < -0.4 is 11.1 Å². The van der Waals surface area contributed by atoms with Crippen LogP contribution in [0.5, 0.6) is 0 Å². The lowest BCUT2D eigenvalue weighted by atomic mass is 10.0. The van der Waals surface area contributed by atoms with Gasteiger partial charge in [0.05, 0.1) is 6.54 Å². The van der Waals surface area contributed by atoms with Crippen LogP contribution in [-0.2, 0) is 25.7 Å². The van der Waals surface area contributed by atoms with Gasteiger partial charge in [-0.15, -0.1) is 28.2 Å². The van der Waals surface area contributed by atoms with Crippen LogP contribution in [0.1, 0.15) is 17.9 Å². The van der Waals surface area contributed by atoms with E-state index in [2.05, 4.69) is 36.1 Å². The predicted octanol–water partition coefficient (Wildman–Crippen LogP) is -1.49. The normalized spacial score (nSPS) is 22.9. The molecule has 2 aromatic heterocycles. The Morgan fingerprint density at radius 2 is 2.19 bits per heavy atom. The number of β-lactam (4-membered cyclic amide) rings is 1. The van der Waals surface area contributed by atoms with Crippen molar-refractivity contribution in [1.29, 1.82) is 0 Å². The van der Waals surface area contributed by atoms with Crippen LogP contribution in [0.4, 0.5) is 5.13 Å². The Balaban J connectivity index is 1.32. The number of thiazole rings is 1. The standard InChI is InChI=1S/C19H18N10O6S2/c20-19-21-9(6-37-19)11(25-35)14(30)22-12-16(32)29-13(18(33)34)8(5-36-17(12)29)3-7-1-2-28(15(7)31)4-10-23-26-27-24-10/h3,6,12,17,35H,1-2,4-5H2,(H2,20,21)(H,22,30)(H,33,34)(H,23,24,26,27)/b7-3+,25-11-/t12-,17-/m1/s1. The minimum Gasteiger partial charge on any atom is -0.477 e. The molecule has 37 heavy (non-hydrogen) atoms. The molecule has 3 amide bonds. The van der Waals surface area contributed by atoms with Crippen LogP contribution in [-0.4, -0.2) is 98.8 Å². The third kappa shape index (κ3) is 4.40. The fourth-order valence-electron chi connectivity index (χ4n) is 4.16. The molecule has 0 saturated carbocycles. The number of carbonyl (C=O) groups excluding carboxylic acids is 3. The minimum atomic E-state index is -1.33. The number of anilines is 1. The molecule has 0 radical (unpaired) electrons. The van der Waals surface area contributed by atoms with Gasteiger partial charge in [-0.2, -0.15) is 0 Å². The number of nitrogens with two attached hydrogens (primary N) is 1. The maximum absolute atomic E-state index is 12.9. The van der Waals surface area contributed by atoms with Gasteiger partial charge in [-0.05, 0) is 28.5 Å². The molecule has 5 rings (SSSR count). The molecule has 18 heteroatoms. The minimum absolute atomic E-state index is 0.0392. The van der Waals surface area contributed by atoms with Crippen LogP contribution >= 0.6 is 23.1 Å². The second-order valence-electron chi connectivity index (χ2n) is 8.05. The molecule has 0 bridgehead atoms. The summed E-state index contributed by atoms with van der Waals surface area (Å²) in [5.41, 5.74) is 5.64. The van der Waals surface area contributed by atoms with Gasteiger partial charge in [-0.3, -0.25) is 19.3 Å². The number of allylic oxidation sites excluding steroid dienone is 1. The van der Waals surface area contributed by atoms with E-state index in [9.17, 15) is 29.5 Å². The lowest BCUT2D eigenvalue weighted by Gasteiger charge is -2.49. The lowest BCUT2D eigenvalue weighted by Crippen LogP contribution is -2.71. The van der Waals surface area contributed by atoms with Gasteiger partial charge in [-0.25, -0.2) is 14.9 Å². The Hall–Kier alpha value is -4.32. The Bertz CT molecular complexity index is 1380. The molecule has 0 spiro atoms. The van der Waals surface area contributed by atoms with Crippen LogP contribution in [0.2, 0.25) is 0 Å². The number of thioether (sulfide) groups is 1. The van der Waals surface area contributed by atoms with Gasteiger partial charge in [0.15, 0.2) is 16.7 Å². The molecule has 5 heterocycles. The zero-order valence-corrected chi connectivity index (χ0v) is 20.3. The van der Waals surface area contributed by atoms with Crippen molar-refractivity contribution in [1.82, 2.24) is 40.7 Å². The van der Waals surface area contributed by atoms with E-state index >= 15 is 0 Å². The fourth-order valence-corrected chi connectivity index (χ4v) is 6.01. The van der Waals surface area contributed by atoms with E-state index in [1.807, 2.05) is 0 Å². The molecule has 2 aromatic rings. The number of oxime groups is 1. The average molecular weight is 547 g/mol. The van der Waals surface area contributed by atoms with Crippen molar-refractivity contribution in [3.8, 4) is 0 Å². The molecule has 0 aliphatic carbocycles. The molecular weight excluding hydrogens is 528 g/mol. The van der Waals surface area contributed by atoms with Crippen molar-refractivity contribution in [2.75, 3.05) is 18.0 Å². The lowest BCUT2D eigenvalue weighted by molar-refractivity contribution is -0.150. The van der Waals surface area contributed by atoms with E-state index in [1.165, 1.54) is 28.1 Å².